The van der Waals surface area contributed by atoms with Crippen LogP contribution < -0.4 is 10.1 Å². The largest absolute Gasteiger partial charge is 0.495 e. The number of piperidine rings is 1. The van der Waals surface area contributed by atoms with Gasteiger partial charge in [-0.3, -0.25) is 14.5 Å². The van der Waals surface area contributed by atoms with Crippen LogP contribution in [0.1, 0.15) is 29.8 Å². The van der Waals surface area contributed by atoms with E-state index in [4.69, 9.17) is 4.74 Å². The van der Waals surface area contributed by atoms with E-state index in [1.54, 1.807) is 12.5 Å². The van der Waals surface area contributed by atoms with Crippen molar-refractivity contribution >= 4 is 34.0 Å². The van der Waals surface area contributed by atoms with Crippen LogP contribution in [0.4, 0.5) is 10.8 Å². The number of benzene rings is 1. The molecule has 4 rings (SSSR count). The van der Waals surface area contributed by atoms with Crippen LogP contribution >= 0.6 is 11.3 Å². The molecule has 2 amide bonds. The second-order valence-corrected chi connectivity index (χ2v) is 8.73. The van der Waals surface area contributed by atoms with Gasteiger partial charge >= 0.3 is 0 Å². The van der Waals surface area contributed by atoms with Crippen molar-refractivity contribution < 1.29 is 14.3 Å². The quantitative estimate of drug-likeness (QED) is 0.740. The van der Waals surface area contributed by atoms with Gasteiger partial charge in [-0.2, -0.15) is 0 Å². The first-order valence-corrected chi connectivity index (χ1v) is 11.7. The smallest absolute Gasteiger partial charge is 0.273 e. The number of amides is 2. The summed E-state index contributed by atoms with van der Waals surface area (Å²) in [6, 6.07) is 7.60. The van der Waals surface area contributed by atoms with Crippen LogP contribution in [0.3, 0.4) is 0 Å². The fourth-order valence-electron chi connectivity index (χ4n) is 4.00. The van der Waals surface area contributed by atoms with Crippen molar-refractivity contribution in [3.05, 3.63) is 35.3 Å². The molecular formula is C22H29N5O3S. The summed E-state index contributed by atoms with van der Waals surface area (Å²) in [6.07, 6.45) is 3.43. The Morgan fingerprint density at radius 1 is 1.03 bits per heavy atom. The molecule has 0 saturated carbocycles. The maximum absolute atomic E-state index is 12.9. The number of ether oxygens (including phenoxy) is 1. The van der Waals surface area contributed by atoms with Gasteiger partial charge in [-0.1, -0.05) is 12.1 Å². The molecule has 1 aromatic heterocycles. The molecule has 3 heterocycles. The molecule has 0 spiro atoms. The zero-order valence-corrected chi connectivity index (χ0v) is 18.7. The number of thiazole rings is 1. The summed E-state index contributed by atoms with van der Waals surface area (Å²) >= 11 is 1.39. The third-order valence-corrected chi connectivity index (χ3v) is 6.56. The van der Waals surface area contributed by atoms with E-state index in [0.717, 1.165) is 37.4 Å². The fourth-order valence-corrected chi connectivity index (χ4v) is 4.69. The number of nitrogens with zero attached hydrogens (tertiary/aromatic N) is 4. The van der Waals surface area contributed by atoms with E-state index < -0.39 is 0 Å². The molecule has 2 aliphatic heterocycles. The predicted molar refractivity (Wildman–Crippen MR) is 121 cm³/mol. The first-order chi connectivity index (χ1) is 15.1. The zero-order valence-electron chi connectivity index (χ0n) is 17.9. The van der Waals surface area contributed by atoms with Gasteiger partial charge in [0.05, 0.1) is 19.3 Å². The number of methoxy groups -OCH3 is 1. The van der Waals surface area contributed by atoms with E-state index in [1.165, 1.54) is 17.8 Å². The topological polar surface area (TPSA) is 78.0 Å². The van der Waals surface area contributed by atoms with Crippen LogP contribution in [0.25, 0.3) is 0 Å². The normalized spacial score (nSPS) is 17.5. The van der Waals surface area contributed by atoms with E-state index in [0.29, 0.717) is 43.5 Å². The summed E-state index contributed by atoms with van der Waals surface area (Å²) in [5, 5.41) is 5.66. The third-order valence-electron chi connectivity index (χ3n) is 5.80. The molecule has 2 aliphatic rings. The summed E-state index contributed by atoms with van der Waals surface area (Å²) in [6.45, 7) is 4.85. The standard InChI is InChI=1S/C22H29N5O3S/c1-30-19-8-4-3-7-17(19)23-22-24-18(16-31-22)21(29)27-13-11-25(12-14-27)15-20(28)26-9-5-2-6-10-26/h3-4,7-8,16H,2,5-6,9-15H2,1H3,(H,23,24). The number of nitrogens with one attached hydrogen (secondary N) is 1. The van der Waals surface area contributed by atoms with Crippen molar-refractivity contribution in [1.29, 1.82) is 0 Å². The van der Waals surface area contributed by atoms with Crippen molar-refractivity contribution in [1.82, 2.24) is 19.7 Å². The van der Waals surface area contributed by atoms with Crippen LogP contribution in [0.2, 0.25) is 0 Å². The Labute approximate surface area is 186 Å². The van der Waals surface area contributed by atoms with Gasteiger partial charge in [0.15, 0.2) is 5.13 Å². The Balaban J connectivity index is 1.28. The maximum Gasteiger partial charge on any atom is 0.273 e. The number of carbonyl (C=O) groups is 2. The van der Waals surface area contributed by atoms with Crippen molar-refractivity contribution in [2.24, 2.45) is 0 Å². The number of anilines is 2. The summed E-state index contributed by atoms with van der Waals surface area (Å²) in [7, 11) is 1.62. The van der Waals surface area contributed by atoms with Crippen molar-refractivity contribution in [3.8, 4) is 5.75 Å². The minimum atomic E-state index is -0.0636. The number of likely N-dealkylation sites (tertiary alicyclic amines) is 1. The molecule has 1 aromatic carbocycles. The zero-order chi connectivity index (χ0) is 21.6. The van der Waals surface area contributed by atoms with Gasteiger partial charge in [0.1, 0.15) is 11.4 Å². The summed E-state index contributed by atoms with van der Waals surface area (Å²) in [5.74, 6) is 0.873. The van der Waals surface area contributed by atoms with Crippen LogP contribution in [-0.4, -0.2) is 84.4 Å². The summed E-state index contributed by atoms with van der Waals surface area (Å²) in [4.78, 5) is 35.8. The van der Waals surface area contributed by atoms with Crippen molar-refractivity contribution in [2.75, 3.05) is 58.2 Å². The molecule has 1 N–H and O–H groups in total. The monoisotopic (exact) mass is 443 g/mol. The van der Waals surface area contributed by atoms with Crippen LogP contribution in [-0.2, 0) is 4.79 Å². The molecule has 8 nitrogen and oxygen atoms in total. The molecule has 2 saturated heterocycles. The number of rotatable bonds is 6. The molecule has 0 unspecified atom stereocenters. The first-order valence-electron chi connectivity index (χ1n) is 10.8. The Kier molecular flexibility index (Phi) is 7.03. The van der Waals surface area contributed by atoms with Crippen molar-refractivity contribution in [2.45, 2.75) is 19.3 Å². The highest BCUT2D eigenvalue weighted by Gasteiger charge is 2.26. The highest BCUT2D eigenvalue weighted by Crippen LogP contribution is 2.28. The Hall–Kier alpha value is -2.65. The van der Waals surface area contributed by atoms with Crippen LogP contribution in [0.5, 0.6) is 5.75 Å². The molecule has 0 atom stereocenters. The molecular weight excluding hydrogens is 414 g/mol. The highest BCUT2D eigenvalue weighted by atomic mass is 32.1. The minimum absolute atomic E-state index is 0.0636. The molecule has 0 radical (unpaired) electrons. The Bertz CT molecular complexity index is 904. The second kappa shape index (κ2) is 10.1. The van der Waals surface area contributed by atoms with Gasteiger partial charge in [0.25, 0.3) is 5.91 Å². The number of para-hydroxylation sites is 2. The molecule has 2 fully saturated rings. The van der Waals surface area contributed by atoms with Gasteiger partial charge in [0, 0.05) is 44.6 Å². The van der Waals surface area contributed by atoms with Crippen LogP contribution in [0.15, 0.2) is 29.6 Å². The molecule has 0 bridgehead atoms. The Morgan fingerprint density at radius 2 is 1.77 bits per heavy atom. The number of carbonyl (C=O) groups excluding carboxylic acids is 2. The molecule has 31 heavy (non-hydrogen) atoms. The van der Waals surface area contributed by atoms with E-state index >= 15 is 0 Å². The lowest BCUT2D eigenvalue weighted by Crippen LogP contribution is -2.52. The lowest BCUT2D eigenvalue weighted by Gasteiger charge is -2.35. The van der Waals surface area contributed by atoms with E-state index in [1.807, 2.05) is 34.1 Å². The third kappa shape index (κ3) is 5.34. The number of piperazine rings is 1. The average molecular weight is 444 g/mol. The number of aromatic nitrogens is 1. The summed E-state index contributed by atoms with van der Waals surface area (Å²) < 4.78 is 5.35. The van der Waals surface area contributed by atoms with Gasteiger partial charge < -0.3 is 19.9 Å². The molecule has 166 valence electrons. The molecule has 0 aliphatic carbocycles. The first kappa shape index (κ1) is 21.6. The lowest BCUT2D eigenvalue weighted by atomic mass is 10.1. The predicted octanol–water partition coefficient (Wildman–Crippen LogP) is 2.67. The maximum atomic E-state index is 12.9. The Morgan fingerprint density at radius 3 is 2.52 bits per heavy atom. The fraction of sp³-hybridized carbons (Fsp3) is 0.500. The average Bonchev–Trinajstić information content (AvgIpc) is 3.28. The van der Waals surface area contributed by atoms with Crippen molar-refractivity contribution in [3.63, 3.8) is 0 Å². The highest BCUT2D eigenvalue weighted by molar-refractivity contribution is 7.14. The van der Waals surface area contributed by atoms with Crippen LogP contribution in [0, 0.1) is 0 Å². The second-order valence-electron chi connectivity index (χ2n) is 7.87. The molecule has 2 aromatic rings. The van der Waals surface area contributed by atoms with Gasteiger partial charge in [-0.15, -0.1) is 11.3 Å². The van der Waals surface area contributed by atoms with E-state index in [9.17, 15) is 9.59 Å². The van der Waals surface area contributed by atoms with Gasteiger partial charge in [0.2, 0.25) is 5.91 Å². The SMILES string of the molecule is COc1ccccc1Nc1nc(C(=O)N2CCN(CC(=O)N3CCCCC3)CC2)cs1. The number of hydrogen-bond acceptors (Lipinski definition) is 7. The minimum Gasteiger partial charge on any atom is -0.495 e. The van der Waals surface area contributed by atoms with E-state index in [-0.39, 0.29) is 11.8 Å². The summed E-state index contributed by atoms with van der Waals surface area (Å²) in [5.41, 5.74) is 1.26. The molecule has 9 heteroatoms. The lowest BCUT2D eigenvalue weighted by molar-refractivity contribution is -0.133. The number of hydrogen-bond donors (Lipinski definition) is 1. The van der Waals surface area contributed by atoms with E-state index in [2.05, 4.69) is 15.2 Å². The van der Waals surface area contributed by atoms with Gasteiger partial charge in [-0.05, 0) is 31.4 Å². The van der Waals surface area contributed by atoms with Gasteiger partial charge in [-0.25, -0.2) is 4.98 Å².